The molecule has 1 unspecified atom stereocenters. The third-order valence-corrected chi connectivity index (χ3v) is 3.25. The zero-order chi connectivity index (χ0) is 14.4. The maximum Gasteiger partial charge on any atom is 0.141 e. The predicted octanol–water partition coefficient (Wildman–Crippen LogP) is 2.63. The molecule has 2 aromatic rings. The number of aromatic nitrogens is 3. The van der Waals surface area contributed by atoms with Crippen molar-refractivity contribution in [3.05, 3.63) is 47.8 Å². The van der Waals surface area contributed by atoms with Crippen molar-refractivity contribution in [3.8, 4) is 0 Å². The second kappa shape index (κ2) is 7.14. The summed E-state index contributed by atoms with van der Waals surface area (Å²) < 4.78 is 15.1. The number of nitrogens with zero attached hydrogens (tertiary/aromatic N) is 3. The Labute approximate surface area is 119 Å². The van der Waals surface area contributed by atoms with Gasteiger partial charge < -0.3 is 5.32 Å². The zero-order valence-electron chi connectivity index (χ0n) is 12.0. The highest BCUT2D eigenvalue weighted by molar-refractivity contribution is 5.16. The summed E-state index contributed by atoms with van der Waals surface area (Å²) in [6.07, 6.45) is 9.72. The molecule has 0 bridgehead atoms. The van der Waals surface area contributed by atoms with E-state index in [1.165, 1.54) is 11.8 Å². The lowest BCUT2D eigenvalue weighted by molar-refractivity contribution is 0.493. The molecular formula is C15H21FN4. The van der Waals surface area contributed by atoms with Gasteiger partial charge in [0.05, 0.1) is 12.4 Å². The Morgan fingerprint density at radius 3 is 2.85 bits per heavy atom. The Morgan fingerprint density at radius 1 is 1.35 bits per heavy atom. The van der Waals surface area contributed by atoms with Crippen LogP contribution in [-0.2, 0) is 13.5 Å². The molecule has 0 aliphatic heterocycles. The summed E-state index contributed by atoms with van der Waals surface area (Å²) in [5, 5.41) is 7.62. The van der Waals surface area contributed by atoms with Crippen LogP contribution in [0.3, 0.4) is 0 Å². The second-order valence-electron chi connectivity index (χ2n) is 5.00. The van der Waals surface area contributed by atoms with Gasteiger partial charge in [0.25, 0.3) is 0 Å². The minimum absolute atomic E-state index is 0.123. The van der Waals surface area contributed by atoms with Gasteiger partial charge in [-0.05, 0) is 43.0 Å². The van der Waals surface area contributed by atoms with Crippen LogP contribution in [0.5, 0.6) is 0 Å². The number of aryl methyl sites for hydroxylation is 2. The molecule has 0 saturated heterocycles. The Kier molecular flexibility index (Phi) is 5.24. The fourth-order valence-corrected chi connectivity index (χ4v) is 2.24. The minimum Gasteiger partial charge on any atom is -0.310 e. The molecule has 2 rings (SSSR count). The van der Waals surface area contributed by atoms with E-state index in [1.807, 2.05) is 19.4 Å². The molecule has 108 valence electrons. The average molecular weight is 276 g/mol. The third kappa shape index (κ3) is 4.13. The molecule has 0 spiro atoms. The van der Waals surface area contributed by atoms with Crippen molar-refractivity contribution in [2.75, 3.05) is 6.54 Å². The monoisotopic (exact) mass is 276 g/mol. The molecule has 0 aliphatic carbocycles. The summed E-state index contributed by atoms with van der Waals surface area (Å²) >= 11 is 0. The molecule has 2 heterocycles. The largest absolute Gasteiger partial charge is 0.310 e. The second-order valence-corrected chi connectivity index (χ2v) is 5.00. The van der Waals surface area contributed by atoms with Gasteiger partial charge in [0.15, 0.2) is 0 Å². The number of pyridine rings is 1. The fourth-order valence-electron chi connectivity index (χ4n) is 2.24. The van der Waals surface area contributed by atoms with E-state index in [2.05, 4.69) is 22.3 Å². The fraction of sp³-hybridized carbons (Fsp3) is 0.467. The first-order valence-corrected chi connectivity index (χ1v) is 7.00. The summed E-state index contributed by atoms with van der Waals surface area (Å²) in [6, 6.07) is 1.68. The van der Waals surface area contributed by atoms with E-state index in [9.17, 15) is 4.39 Å². The summed E-state index contributed by atoms with van der Waals surface area (Å²) in [4.78, 5) is 3.94. The van der Waals surface area contributed by atoms with Gasteiger partial charge in [-0.2, -0.15) is 5.10 Å². The Balaban J connectivity index is 2.03. The lowest BCUT2D eigenvalue weighted by Crippen LogP contribution is -2.23. The van der Waals surface area contributed by atoms with Gasteiger partial charge in [-0.1, -0.05) is 6.92 Å². The molecule has 4 nitrogen and oxygen atoms in total. The van der Waals surface area contributed by atoms with Crippen molar-refractivity contribution in [2.24, 2.45) is 7.05 Å². The summed E-state index contributed by atoms with van der Waals surface area (Å²) in [6.45, 7) is 3.03. The van der Waals surface area contributed by atoms with Crippen LogP contribution in [0.15, 0.2) is 30.9 Å². The van der Waals surface area contributed by atoms with Crippen molar-refractivity contribution in [3.63, 3.8) is 0 Å². The van der Waals surface area contributed by atoms with Crippen LogP contribution in [0.4, 0.5) is 4.39 Å². The van der Waals surface area contributed by atoms with Crippen molar-refractivity contribution in [1.82, 2.24) is 20.1 Å². The number of nitrogens with one attached hydrogen (secondary N) is 1. The van der Waals surface area contributed by atoms with Crippen LogP contribution in [0.25, 0.3) is 0 Å². The molecule has 2 aromatic heterocycles. The van der Waals surface area contributed by atoms with Crippen LogP contribution in [0.2, 0.25) is 0 Å². The number of rotatable bonds is 7. The van der Waals surface area contributed by atoms with Crippen LogP contribution in [0, 0.1) is 5.82 Å². The first-order valence-electron chi connectivity index (χ1n) is 7.00. The quantitative estimate of drug-likeness (QED) is 0.845. The van der Waals surface area contributed by atoms with Gasteiger partial charge in [-0.15, -0.1) is 0 Å². The Bertz CT molecular complexity index is 538. The SMILES string of the molecule is CCCNC(CCc1cnn(C)c1)c1cncc(F)c1. The molecule has 5 heteroatoms. The van der Waals surface area contributed by atoms with E-state index in [0.717, 1.165) is 31.4 Å². The first-order chi connectivity index (χ1) is 9.69. The van der Waals surface area contributed by atoms with Gasteiger partial charge in [0.2, 0.25) is 0 Å². The lowest BCUT2D eigenvalue weighted by Gasteiger charge is -2.18. The molecule has 0 aromatic carbocycles. The van der Waals surface area contributed by atoms with Crippen LogP contribution >= 0.6 is 0 Å². The molecule has 0 saturated carbocycles. The molecule has 1 atom stereocenters. The average Bonchev–Trinajstić information content (AvgIpc) is 2.85. The number of halogens is 1. The maximum atomic E-state index is 13.3. The summed E-state index contributed by atoms with van der Waals surface area (Å²) in [5.41, 5.74) is 2.10. The zero-order valence-corrected chi connectivity index (χ0v) is 12.0. The van der Waals surface area contributed by atoms with E-state index < -0.39 is 0 Å². The number of hydrogen-bond donors (Lipinski definition) is 1. The van der Waals surface area contributed by atoms with Gasteiger partial charge in [-0.3, -0.25) is 9.67 Å². The van der Waals surface area contributed by atoms with E-state index in [1.54, 1.807) is 16.9 Å². The number of hydrogen-bond acceptors (Lipinski definition) is 3. The van der Waals surface area contributed by atoms with Crippen molar-refractivity contribution in [2.45, 2.75) is 32.2 Å². The van der Waals surface area contributed by atoms with Gasteiger partial charge in [0, 0.05) is 25.5 Å². The highest BCUT2D eigenvalue weighted by Crippen LogP contribution is 2.19. The van der Waals surface area contributed by atoms with E-state index in [4.69, 9.17) is 0 Å². The molecule has 1 N–H and O–H groups in total. The highest BCUT2D eigenvalue weighted by atomic mass is 19.1. The van der Waals surface area contributed by atoms with E-state index >= 15 is 0 Å². The topological polar surface area (TPSA) is 42.7 Å². The van der Waals surface area contributed by atoms with Gasteiger partial charge >= 0.3 is 0 Å². The van der Waals surface area contributed by atoms with Gasteiger partial charge in [-0.25, -0.2) is 4.39 Å². The Hall–Kier alpha value is -1.75. The maximum absolute atomic E-state index is 13.3. The Morgan fingerprint density at radius 2 is 2.20 bits per heavy atom. The molecule has 0 fully saturated rings. The van der Waals surface area contributed by atoms with Crippen molar-refractivity contribution < 1.29 is 4.39 Å². The molecule has 20 heavy (non-hydrogen) atoms. The predicted molar refractivity (Wildman–Crippen MR) is 76.8 cm³/mol. The lowest BCUT2D eigenvalue weighted by atomic mass is 10.0. The molecule has 0 radical (unpaired) electrons. The molecule has 0 amide bonds. The minimum atomic E-state index is -0.285. The summed E-state index contributed by atoms with van der Waals surface area (Å²) in [5.74, 6) is -0.285. The molecular weight excluding hydrogens is 255 g/mol. The van der Waals surface area contributed by atoms with Gasteiger partial charge in [0.1, 0.15) is 5.82 Å². The standard InChI is InChI=1S/C15H21FN4/c1-3-6-18-15(13-7-14(16)10-17-9-13)5-4-12-8-19-20(2)11-12/h7-11,15,18H,3-6H2,1-2H3. The summed E-state index contributed by atoms with van der Waals surface area (Å²) in [7, 11) is 1.91. The first kappa shape index (κ1) is 14.7. The normalized spacial score (nSPS) is 12.6. The third-order valence-electron chi connectivity index (χ3n) is 3.25. The van der Waals surface area contributed by atoms with E-state index in [0.29, 0.717) is 0 Å². The van der Waals surface area contributed by atoms with Crippen molar-refractivity contribution >= 4 is 0 Å². The van der Waals surface area contributed by atoms with E-state index in [-0.39, 0.29) is 11.9 Å². The smallest absolute Gasteiger partial charge is 0.141 e. The van der Waals surface area contributed by atoms with Crippen LogP contribution < -0.4 is 5.32 Å². The van der Waals surface area contributed by atoms with Crippen LogP contribution in [-0.4, -0.2) is 21.3 Å². The van der Waals surface area contributed by atoms with Crippen LogP contribution in [0.1, 0.15) is 36.9 Å². The molecule has 0 aliphatic rings. The highest BCUT2D eigenvalue weighted by Gasteiger charge is 2.12. The van der Waals surface area contributed by atoms with Crippen molar-refractivity contribution in [1.29, 1.82) is 0 Å².